The fraction of sp³-hybridized carbons (Fsp3) is 0.125. The third-order valence-electron chi connectivity index (χ3n) is 1.20. The molecule has 0 unspecified atom stereocenters. The van der Waals surface area contributed by atoms with Crippen molar-refractivity contribution in [3.05, 3.63) is 29.3 Å². The van der Waals surface area contributed by atoms with E-state index in [4.69, 9.17) is 4.11 Å². The maximum absolute atomic E-state index is 10.5. The fourth-order valence-corrected chi connectivity index (χ4v) is 0.677. The van der Waals surface area contributed by atoms with E-state index < -0.39 is 6.85 Å². The molecule has 1 N–H and O–H groups in total. The van der Waals surface area contributed by atoms with Gasteiger partial charge >= 0.3 is 0 Å². The highest BCUT2D eigenvalue weighted by Crippen LogP contribution is 2.17. The first-order valence-corrected chi connectivity index (χ1v) is 2.74. The van der Waals surface area contributed by atoms with Gasteiger partial charge in [0, 0.05) is 4.11 Å². The van der Waals surface area contributed by atoms with Crippen LogP contribution in [0.25, 0.3) is 0 Å². The maximum atomic E-state index is 10.5. The van der Waals surface area contributed by atoms with E-state index in [2.05, 4.69) is 0 Å². The van der Waals surface area contributed by atoms with Gasteiger partial charge in [-0.2, -0.15) is 0 Å². The first-order chi connectivity index (χ1) is 5.96. The number of phenols is 1. The molecule has 0 fully saturated rings. The Kier molecular flexibility index (Phi) is 0.947. The van der Waals surface area contributed by atoms with Gasteiger partial charge in [-0.1, -0.05) is 12.1 Å². The zero-order valence-corrected chi connectivity index (χ0v) is 5.16. The Morgan fingerprint density at radius 1 is 1.70 bits per heavy atom. The molecule has 52 valence electrons. The highest BCUT2D eigenvalue weighted by atomic mass is 16.3. The summed E-state index contributed by atoms with van der Waals surface area (Å²) in [6, 6.07) is 3.97. The summed E-state index contributed by atoms with van der Waals surface area (Å²) in [6.07, 6.45) is 0.344. The summed E-state index contributed by atoms with van der Waals surface area (Å²) in [5.41, 5.74) is -0.287. The lowest BCUT2D eigenvalue weighted by atomic mass is 10.1. The van der Waals surface area contributed by atoms with E-state index in [0.717, 1.165) is 0 Å². The SMILES string of the molecule is [2H]C([2H])([2H])c1cccc(O)c1C=O. The molecule has 0 amide bonds. The first-order valence-electron chi connectivity index (χ1n) is 4.24. The van der Waals surface area contributed by atoms with Gasteiger partial charge in [-0.15, -0.1) is 0 Å². The van der Waals surface area contributed by atoms with Crippen LogP contribution in [0.15, 0.2) is 18.2 Å². The molecule has 0 bridgehead atoms. The number of rotatable bonds is 1. The predicted molar refractivity (Wildman–Crippen MR) is 38.2 cm³/mol. The number of benzene rings is 1. The molecule has 2 heteroatoms. The maximum Gasteiger partial charge on any atom is 0.154 e. The van der Waals surface area contributed by atoms with E-state index in [9.17, 15) is 9.90 Å². The second-order valence-corrected chi connectivity index (χ2v) is 1.86. The number of carbonyl (C=O) groups excluding carboxylic acids is 1. The molecule has 10 heavy (non-hydrogen) atoms. The second kappa shape index (κ2) is 2.52. The van der Waals surface area contributed by atoms with Crippen molar-refractivity contribution in [2.45, 2.75) is 6.85 Å². The summed E-state index contributed by atoms with van der Waals surface area (Å²) in [5.74, 6) is -0.302. The Balaban J connectivity index is 3.37. The highest BCUT2D eigenvalue weighted by molar-refractivity contribution is 5.81. The molecule has 1 rings (SSSR count). The van der Waals surface area contributed by atoms with Gasteiger partial charge in [0.1, 0.15) is 5.75 Å². The van der Waals surface area contributed by atoms with Crippen molar-refractivity contribution in [1.29, 1.82) is 0 Å². The lowest BCUT2D eigenvalue weighted by Gasteiger charge is -1.98. The average Bonchev–Trinajstić information content (AvgIpc) is 2.02. The number of aryl methyl sites for hydroxylation is 1. The summed E-state index contributed by atoms with van der Waals surface area (Å²) in [7, 11) is 0. The molecule has 0 heterocycles. The van der Waals surface area contributed by atoms with E-state index in [0.29, 0.717) is 6.29 Å². The zero-order chi connectivity index (χ0) is 10.1. The zero-order valence-electron chi connectivity index (χ0n) is 8.16. The number of phenolic OH excluding ortho intramolecular Hbond substituents is 1. The largest absolute Gasteiger partial charge is 0.507 e. The summed E-state index contributed by atoms with van der Waals surface area (Å²) >= 11 is 0. The van der Waals surface area contributed by atoms with Crippen LogP contribution in [0.4, 0.5) is 0 Å². The first kappa shape index (κ1) is 3.76. The van der Waals surface area contributed by atoms with Crippen molar-refractivity contribution in [1.82, 2.24) is 0 Å². The summed E-state index contributed by atoms with van der Waals surface area (Å²) in [4.78, 5) is 10.5. The van der Waals surface area contributed by atoms with E-state index in [1.54, 1.807) is 0 Å². The lowest BCUT2D eigenvalue weighted by Crippen LogP contribution is -1.84. The lowest BCUT2D eigenvalue weighted by molar-refractivity contribution is 0.112. The van der Waals surface area contributed by atoms with E-state index in [1.165, 1.54) is 18.2 Å². The van der Waals surface area contributed by atoms with Gasteiger partial charge in [-0.25, -0.2) is 0 Å². The molecule has 1 aromatic rings. The van der Waals surface area contributed by atoms with E-state index >= 15 is 0 Å². The summed E-state index contributed by atoms with van der Waals surface area (Å²) in [5, 5.41) is 9.17. The number of carbonyl (C=O) groups is 1. The molecular formula is C8H8O2. The molecule has 0 spiro atoms. The Hall–Kier alpha value is -1.31. The Morgan fingerprint density at radius 2 is 2.50 bits per heavy atom. The molecule has 0 aliphatic rings. The Morgan fingerprint density at radius 3 is 3.00 bits per heavy atom. The van der Waals surface area contributed by atoms with Crippen LogP contribution in [0.3, 0.4) is 0 Å². The van der Waals surface area contributed by atoms with Crippen molar-refractivity contribution < 1.29 is 14.0 Å². The molecule has 0 aromatic heterocycles. The van der Waals surface area contributed by atoms with Crippen LogP contribution in [0.2, 0.25) is 0 Å². The monoisotopic (exact) mass is 139 g/mol. The van der Waals surface area contributed by atoms with Crippen LogP contribution in [0, 0.1) is 6.85 Å². The number of hydrogen-bond acceptors (Lipinski definition) is 2. The smallest absolute Gasteiger partial charge is 0.154 e. The normalized spacial score (nSPS) is 15.0. The number of aldehydes is 1. The predicted octanol–water partition coefficient (Wildman–Crippen LogP) is 1.51. The molecule has 0 saturated heterocycles. The molecule has 0 saturated carbocycles. The molecule has 2 nitrogen and oxygen atoms in total. The Labute approximate surface area is 63.3 Å². The van der Waals surface area contributed by atoms with Crippen molar-refractivity contribution >= 4 is 6.29 Å². The van der Waals surface area contributed by atoms with E-state index in [1.807, 2.05) is 0 Å². The third-order valence-corrected chi connectivity index (χ3v) is 1.20. The van der Waals surface area contributed by atoms with Gasteiger partial charge in [0.05, 0.1) is 5.56 Å². The standard InChI is InChI=1S/C8H8O2/c1-6-3-2-4-8(10)7(6)5-9/h2-5,10H,1H3/i1D3. The van der Waals surface area contributed by atoms with Crippen LogP contribution >= 0.6 is 0 Å². The summed E-state index contributed by atoms with van der Waals surface area (Å²) in [6.45, 7) is -2.37. The molecule has 0 aliphatic heterocycles. The Bertz CT molecular complexity index is 331. The minimum atomic E-state index is -2.37. The van der Waals surface area contributed by atoms with Crippen LogP contribution in [0.1, 0.15) is 20.0 Å². The van der Waals surface area contributed by atoms with Gasteiger partial charge in [0.15, 0.2) is 6.29 Å². The van der Waals surface area contributed by atoms with Crippen molar-refractivity contribution in [3.8, 4) is 5.75 Å². The molecule has 0 atom stereocenters. The van der Waals surface area contributed by atoms with Crippen LogP contribution in [-0.2, 0) is 0 Å². The van der Waals surface area contributed by atoms with Crippen molar-refractivity contribution in [2.24, 2.45) is 0 Å². The summed E-state index contributed by atoms with van der Waals surface area (Å²) < 4.78 is 21.2. The van der Waals surface area contributed by atoms with Crippen LogP contribution in [-0.4, -0.2) is 11.4 Å². The molecule has 0 aliphatic carbocycles. The van der Waals surface area contributed by atoms with Crippen LogP contribution < -0.4 is 0 Å². The van der Waals surface area contributed by atoms with Crippen molar-refractivity contribution in [2.75, 3.05) is 0 Å². The van der Waals surface area contributed by atoms with E-state index in [-0.39, 0.29) is 16.9 Å². The number of hydrogen-bond donors (Lipinski definition) is 1. The van der Waals surface area contributed by atoms with Gasteiger partial charge in [-0.05, 0) is 18.5 Å². The second-order valence-electron chi connectivity index (χ2n) is 1.86. The quantitative estimate of drug-likeness (QED) is 0.599. The highest BCUT2D eigenvalue weighted by Gasteiger charge is 2.00. The van der Waals surface area contributed by atoms with Crippen LogP contribution in [0.5, 0.6) is 5.75 Å². The minimum Gasteiger partial charge on any atom is -0.507 e. The fourth-order valence-electron chi connectivity index (χ4n) is 0.677. The molecule has 1 aromatic carbocycles. The molecule has 0 radical (unpaired) electrons. The average molecular weight is 139 g/mol. The third kappa shape index (κ3) is 1.00. The topological polar surface area (TPSA) is 37.3 Å². The van der Waals surface area contributed by atoms with Gasteiger partial charge < -0.3 is 5.11 Å². The van der Waals surface area contributed by atoms with Gasteiger partial charge in [0.25, 0.3) is 0 Å². The van der Waals surface area contributed by atoms with Gasteiger partial charge in [0.2, 0.25) is 0 Å². The minimum absolute atomic E-state index is 0.123. The van der Waals surface area contributed by atoms with Crippen molar-refractivity contribution in [3.63, 3.8) is 0 Å². The van der Waals surface area contributed by atoms with Gasteiger partial charge in [-0.3, -0.25) is 4.79 Å². The number of aromatic hydroxyl groups is 1. The molecular weight excluding hydrogens is 128 g/mol.